The van der Waals surface area contributed by atoms with Crippen LogP contribution in [0.5, 0.6) is 0 Å². The molecule has 4 heterocycles. The molecule has 0 bridgehead atoms. The van der Waals surface area contributed by atoms with Gasteiger partial charge in [-0.1, -0.05) is 0 Å². The number of anilines is 3. The molecule has 1 aliphatic rings. The Kier molecular flexibility index (Phi) is 4.34. The van der Waals surface area contributed by atoms with Crippen molar-refractivity contribution in [2.75, 3.05) is 55.0 Å². The summed E-state index contributed by atoms with van der Waals surface area (Å²) >= 11 is 0. The van der Waals surface area contributed by atoms with Crippen molar-refractivity contribution in [3.63, 3.8) is 0 Å². The van der Waals surface area contributed by atoms with Gasteiger partial charge in [0.2, 0.25) is 0 Å². The first-order chi connectivity index (χ1) is 12.7. The van der Waals surface area contributed by atoms with Gasteiger partial charge in [-0.05, 0) is 18.2 Å². The molecule has 0 saturated carbocycles. The number of hydrogen-bond acceptors (Lipinski definition) is 8. The fourth-order valence-electron chi connectivity index (χ4n) is 2.93. The fourth-order valence-corrected chi connectivity index (χ4v) is 2.93. The lowest BCUT2D eigenvalue weighted by molar-refractivity contribution is 0.636. The van der Waals surface area contributed by atoms with Crippen LogP contribution in [0.1, 0.15) is 0 Å². The van der Waals surface area contributed by atoms with Crippen molar-refractivity contribution in [1.82, 2.24) is 29.9 Å². The second-order valence-corrected chi connectivity index (χ2v) is 6.30. The molecule has 1 aliphatic heterocycles. The third kappa shape index (κ3) is 3.28. The SMILES string of the molecule is CN(C)c1cc(N2CCN(c3ccc(-n4cccn4)nn3)CC2)ncn1. The maximum absolute atomic E-state index is 4.42. The molecule has 0 spiro atoms. The van der Waals surface area contributed by atoms with Gasteiger partial charge in [-0.3, -0.25) is 0 Å². The molecule has 0 aliphatic carbocycles. The van der Waals surface area contributed by atoms with Gasteiger partial charge < -0.3 is 14.7 Å². The van der Waals surface area contributed by atoms with Gasteiger partial charge in [0, 0.05) is 58.7 Å². The van der Waals surface area contributed by atoms with Crippen molar-refractivity contribution in [1.29, 1.82) is 0 Å². The standard InChI is InChI=1S/C17H21N9/c1-23(2)16-12-17(19-13-18-16)25-10-8-24(9-11-25)14-4-5-15(22-21-14)26-7-3-6-20-26/h3-7,12-13H,8-11H2,1-2H3. The maximum atomic E-state index is 4.42. The average molecular weight is 351 g/mol. The molecule has 134 valence electrons. The normalized spacial score (nSPS) is 14.5. The van der Waals surface area contributed by atoms with E-state index in [1.807, 2.05) is 49.5 Å². The van der Waals surface area contributed by atoms with Crippen molar-refractivity contribution in [3.8, 4) is 5.82 Å². The summed E-state index contributed by atoms with van der Waals surface area (Å²) in [7, 11) is 3.96. The second-order valence-electron chi connectivity index (χ2n) is 6.30. The van der Waals surface area contributed by atoms with Gasteiger partial charge in [-0.2, -0.15) is 5.10 Å². The van der Waals surface area contributed by atoms with Crippen LogP contribution < -0.4 is 14.7 Å². The van der Waals surface area contributed by atoms with Gasteiger partial charge in [0.15, 0.2) is 11.6 Å². The van der Waals surface area contributed by atoms with E-state index in [0.717, 1.165) is 49.5 Å². The van der Waals surface area contributed by atoms with Crippen LogP contribution in [0.2, 0.25) is 0 Å². The summed E-state index contributed by atoms with van der Waals surface area (Å²) in [5.74, 6) is 3.48. The first kappa shape index (κ1) is 16.2. The minimum Gasteiger partial charge on any atom is -0.363 e. The van der Waals surface area contributed by atoms with Crippen LogP contribution in [0.3, 0.4) is 0 Å². The molecule has 0 radical (unpaired) electrons. The molecule has 1 fully saturated rings. The Hall–Kier alpha value is -3.23. The Balaban J connectivity index is 1.41. The number of piperazine rings is 1. The summed E-state index contributed by atoms with van der Waals surface area (Å²) in [5.41, 5.74) is 0. The molecule has 3 aromatic rings. The van der Waals surface area contributed by atoms with E-state index < -0.39 is 0 Å². The van der Waals surface area contributed by atoms with E-state index in [1.165, 1.54) is 0 Å². The topological polar surface area (TPSA) is 79.1 Å². The van der Waals surface area contributed by atoms with Gasteiger partial charge in [0.25, 0.3) is 0 Å². The minimum absolute atomic E-state index is 0.717. The first-order valence-electron chi connectivity index (χ1n) is 8.54. The van der Waals surface area contributed by atoms with Crippen molar-refractivity contribution in [2.45, 2.75) is 0 Å². The van der Waals surface area contributed by atoms with Crippen LogP contribution in [0, 0.1) is 0 Å². The van der Waals surface area contributed by atoms with Crippen LogP contribution >= 0.6 is 0 Å². The largest absolute Gasteiger partial charge is 0.363 e. The molecule has 0 atom stereocenters. The van der Waals surface area contributed by atoms with Gasteiger partial charge in [0.05, 0.1) is 0 Å². The smallest absolute Gasteiger partial charge is 0.175 e. The molecule has 1 saturated heterocycles. The monoisotopic (exact) mass is 351 g/mol. The maximum Gasteiger partial charge on any atom is 0.175 e. The van der Waals surface area contributed by atoms with Gasteiger partial charge >= 0.3 is 0 Å². The lowest BCUT2D eigenvalue weighted by atomic mass is 10.3. The molecule has 0 amide bonds. The lowest BCUT2D eigenvalue weighted by Gasteiger charge is -2.35. The lowest BCUT2D eigenvalue weighted by Crippen LogP contribution is -2.47. The number of hydrogen-bond donors (Lipinski definition) is 0. The Labute approximate surface area is 151 Å². The highest BCUT2D eigenvalue weighted by Crippen LogP contribution is 2.20. The Morgan fingerprint density at radius 3 is 2.19 bits per heavy atom. The van der Waals surface area contributed by atoms with Crippen molar-refractivity contribution in [2.24, 2.45) is 0 Å². The van der Waals surface area contributed by atoms with E-state index in [9.17, 15) is 0 Å². The van der Waals surface area contributed by atoms with Crippen LogP contribution in [0.25, 0.3) is 5.82 Å². The molecule has 0 unspecified atom stereocenters. The van der Waals surface area contributed by atoms with Gasteiger partial charge in [0.1, 0.15) is 18.0 Å². The summed E-state index contributed by atoms with van der Waals surface area (Å²) in [4.78, 5) is 15.2. The van der Waals surface area contributed by atoms with E-state index in [0.29, 0.717) is 0 Å². The summed E-state index contributed by atoms with van der Waals surface area (Å²) in [5, 5.41) is 12.8. The highest BCUT2D eigenvalue weighted by atomic mass is 15.4. The second kappa shape index (κ2) is 6.95. The quantitative estimate of drug-likeness (QED) is 0.684. The van der Waals surface area contributed by atoms with Crippen molar-refractivity contribution < 1.29 is 0 Å². The van der Waals surface area contributed by atoms with Crippen molar-refractivity contribution >= 4 is 17.5 Å². The van der Waals surface area contributed by atoms with E-state index in [4.69, 9.17) is 0 Å². The van der Waals surface area contributed by atoms with Crippen LogP contribution in [0.4, 0.5) is 17.5 Å². The molecule has 4 rings (SSSR count). The van der Waals surface area contributed by atoms with Crippen LogP contribution in [-0.4, -0.2) is 70.2 Å². The summed E-state index contributed by atoms with van der Waals surface area (Å²) in [6.07, 6.45) is 5.20. The van der Waals surface area contributed by atoms with E-state index in [1.54, 1.807) is 17.2 Å². The molecular weight excluding hydrogens is 330 g/mol. The predicted molar refractivity (Wildman–Crippen MR) is 99.9 cm³/mol. The average Bonchev–Trinajstić information content (AvgIpc) is 3.23. The third-order valence-corrected chi connectivity index (χ3v) is 4.40. The zero-order valence-corrected chi connectivity index (χ0v) is 14.9. The summed E-state index contributed by atoms with van der Waals surface area (Å²) in [6.45, 7) is 3.51. The van der Waals surface area contributed by atoms with E-state index >= 15 is 0 Å². The highest BCUT2D eigenvalue weighted by molar-refractivity contribution is 5.51. The molecule has 9 heteroatoms. The zero-order valence-electron chi connectivity index (χ0n) is 14.9. The number of aromatic nitrogens is 6. The molecule has 0 aromatic carbocycles. The third-order valence-electron chi connectivity index (χ3n) is 4.40. The predicted octanol–water partition coefficient (Wildman–Crippen LogP) is 0.845. The highest BCUT2D eigenvalue weighted by Gasteiger charge is 2.20. The van der Waals surface area contributed by atoms with Crippen molar-refractivity contribution in [3.05, 3.63) is 43.0 Å². The van der Waals surface area contributed by atoms with Gasteiger partial charge in [-0.25, -0.2) is 14.6 Å². The molecule has 9 nitrogen and oxygen atoms in total. The van der Waals surface area contributed by atoms with E-state index in [-0.39, 0.29) is 0 Å². The Bertz CT molecular complexity index is 837. The van der Waals surface area contributed by atoms with E-state index in [2.05, 4.69) is 35.1 Å². The van der Waals surface area contributed by atoms with Crippen LogP contribution in [0.15, 0.2) is 43.0 Å². The Morgan fingerprint density at radius 1 is 0.885 bits per heavy atom. The molecule has 26 heavy (non-hydrogen) atoms. The summed E-state index contributed by atoms with van der Waals surface area (Å²) < 4.78 is 1.70. The number of nitrogens with zero attached hydrogens (tertiary/aromatic N) is 9. The fraction of sp³-hybridized carbons (Fsp3) is 0.353. The van der Waals surface area contributed by atoms with Crippen LogP contribution in [-0.2, 0) is 0 Å². The Morgan fingerprint density at radius 2 is 1.58 bits per heavy atom. The summed E-state index contributed by atoms with van der Waals surface area (Å²) in [6, 6.07) is 7.82. The molecule has 0 N–H and O–H groups in total. The number of rotatable bonds is 4. The first-order valence-corrected chi connectivity index (χ1v) is 8.54. The molecule has 3 aromatic heterocycles. The minimum atomic E-state index is 0.717. The molecular formula is C17H21N9. The van der Waals surface area contributed by atoms with Gasteiger partial charge in [-0.15, -0.1) is 10.2 Å². The zero-order chi connectivity index (χ0) is 17.9.